The fourth-order valence-corrected chi connectivity index (χ4v) is 4.32. The maximum atomic E-state index is 11.5. The minimum absolute atomic E-state index is 0.369. The average Bonchev–Trinajstić information content (AvgIpc) is 3.08. The zero-order chi connectivity index (χ0) is 22.0. The quantitative estimate of drug-likeness (QED) is 0.243. The number of unbranched alkanes of at least 4 members (excludes halogenated alkanes) is 1. The van der Waals surface area contributed by atoms with Crippen LogP contribution < -0.4 is 10.6 Å². The number of rotatable bonds is 11. The molecule has 0 fully saturated rings. The third-order valence-corrected chi connectivity index (χ3v) is 5.94. The summed E-state index contributed by atoms with van der Waals surface area (Å²) < 4.78 is 12.8. The lowest BCUT2D eigenvalue weighted by Crippen LogP contribution is -2.33. The van der Waals surface area contributed by atoms with E-state index in [2.05, 4.69) is 43.8 Å². The van der Waals surface area contributed by atoms with E-state index < -0.39 is 5.60 Å². The van der Waals surface area contributed by atoms with E-state index in [0.29, 0.717) is 39.1 Å². The first-order valence-electron chi connectivity index (χ1n) is 9.87. The number of carbonyl (C=O) groups excluding carboxylic acids is 1. The van der Waals surface area contributed by atoms with Gasteiger partial charge in [-0.3, -0.25) is 0 Å². The molecule has 0 saturated heterocycles. The summed E-state index contributed by atoms with van der Waals surface area (Å²) in [6, 6.07) is 6.25. The first-order valence-corrected chi connectivity index (χ1v) is 13.9. The largest absolute Gasteiger partial charge is 0.444 e. The minimum atomic E-state index is -0.477. The number of amides is 1. The number of alkyl carbamates (subject to hydrolysis) is 1. The van der Waals surface area contributed by atoms with Crippen LogP contribution in [0.3, 0.4) is 0 Å². The van der Waals surface area contributed by atoms with Crippen molar-refractivity contribution in [2.45, 2.75) is 45.6 Å². The van der Waals surface area contributed by atoms with Crippen molar-refractivity contribution in [3.63, 3.8) is 0 Å². The second-order valence-corrected chi connectivity index (χ2v) is 9.77. The maximum Gasteiger partial charge on any atom is 0.407 e. The van der Waals surface area contributed by atoms with Crippen molar-refractivity contribution in [2.75, 3.05) is 31.6 Å². The first kappa shape index (κ1) is 24.6. The predicted octanol–water partition coefficient (Wildman–Crippen LogP) is 4.63. The van der Waals surface area contributed by atoms with E-state index in [0.717, 1.165) is 35.0 Å². The van der Waals surface area contributed by atoms with Gasteiger partial charge in [0.2, 0.25) is 0 Å². The number of nitrogens with zero attached hydrogens (tertiary/aromatic N) is 3. The van der Waals surface area contributed by atoms with Gasteiger partial charge in [0.05, 0.1) is 37.2 Å². The number of benzene rings is 1. The van der Waals surface area contributed by atoms with Gasteiger partial charge in [0.15, 0.2) is 0 Å². The number of nitrogens with one attached hydrogen (secondary N) is 2. The normalized spacial score (nSPS) is 11.7. The van der Waals surface area contributed by atoms with Gasteiger partial charge < -0.3 is 20.1 Å². The van der Waals surface area contributed by atoms with Crippen LogP contribution in [0.25, 0.3) is 10.9 Å². The molecule has 30 heavy (non-hydrogen) atoms. The van der Waals surface area contributed by atoms with Crippen molar-refractivity contribution in [1.29, 1.82) is 5.26 Å². The molecule has 8 nitrogen and oxygen atoms in total. The van der Waals surface area contributed by atoms with Crippen LogP contribution in [0.5, 0.6) is 0 Å². The van der Waals surface area contributed by atoms with Crippen LogP contribution in [0.2, 0.25) is 0 Å². The summed E-state index contributed by atoms with van der Waals surface area (Å²) in [4.78, 5) is 11.5. The molecule has 0 radical (unpaired) electrons. The standard InChI is InChI=1S/C20H29IN5O3P/c1-20(2,3)29-19(27)24-8-4-5-10-28-11-9-23-17-12-15(6-7-22)13-18-16(17)14-25-26(18)30-21/h12-14,23,30H,4-6,8-11H2,1-3H3,(H,24,27). The molecule has 0 aliphatic heterocycles. The monoisotopic (exact) mass is 545 g/mol. The van der Waals surface area contributed by atoms with Crippen LogP contribution in [0.4, 0.5) is 10.5 Å². The number of hydrogen-bond acceptors (Lipinski definition) is 6. The number of nitriles is 1. The van der Waals surface area contributed by atoms with E-state index in [4.69, 9.17) is 14.7 Å². The fourth-order valence-electron chi connectivity index (χ4n) is 2.79. The summed E-state index contributed by atoms with van der Waals surface area (Å²) in [5.74, 6) is 0. The molecule has 1 amide bonds. The van der Waals surface area contributed by atoms with Crippen molar-refractivity contribution in [3.05, 3.63) is 23.9 Å². The molecule has 1 aromatic carbocycles. The van der Waals surface area contributed by atoms with Gasteiger partial charge in [0.25, 0.3) is 0 Å². The first-order chi connectivity index (χ1) is 14.3. The Kier molecular flexibility index (Phi) is 10.1. The van der Waals surface area contributed by atoms with Crippen molar-refractivity contribution < 1.29 is 14.3 Å². The van der Waals surface area contributed by atoms with Crippen LogP contribution in [-0.2, 0) is 15.9 Å². The number of fused-ring (bicyclic) bond motifs is 1. The molecule has 2 aromatic rings. The Morgan fingerprint density at radius 3 is 2.80 bits per heavy atom. The molecular formula is C20H29IN5O3P. The molecule has 1 unspecified atom stereocenters. The molecule has 10 heteroatoms. The molecular weight excluding hydrogens is 516 g/mol. The Morgan fingerprint density at radius 1 is 1.30 bits per heavy atom. The van der Waals surface area contributed by atoms with Crippen molar-refractivity contribution >= 4 is 51.1 Å². The average molecular weight is 545 g/mol. The number of carbonyl (C=O) groups is 1. The summed E-state index contributed by atoms with van der Waals surface area (Å²) in [5.41, 5.74) is 2.51. The minimum Gasteiger partial charge on any atom is -0.444 e. The fraction of sp³-hybridized carbons (Fsp3) is 0.550. The highest BCUT2D eigenvalue weighted by Crippen LogP contribution is 2.32. The van der Waals surface area contributed by atoms with Crippen LogP contribution in [0.1, 0.15) is 39.2 Å². The molecule has 1 heterocycles. The molecule has 1 atom stereocenters. The number of aromatic nitrogens is 2. The predicted molar refractivity (Wildman–Crippen MR) is 130 cm³/mol. The van der Waals surface area contributed by atoms with Gasteiger partial charge in [-0.05, 0) is 73.3 Å². The van der Waals surface area contributed by atoms with Gasteiger partial charge >= 0.3 is 6.09 Å². The Balaban J connectivity index is 1.69. The van der Waals surface area contributed by atoms with Crippen LogP contribution in [-0.4, -0.2) is 47.5 Å². The molecule has 0 bridgehead atoms. The zero-order valence-corrected chi connectivity index (χ0v) is 20.8. The van der Waals surface area contributed by atoms with Crippen molar-refractivity contribution in [2.24, 2.45) is 0 Å². The summed E-state index contributed by atoms with van der Waals surface area (Å²) in [7, 11) is 0. The Morgan fingerprint density at radius 2 is 2.10 bits per heavy atom. The van der Waals surface area contributed by atoms with Crippen LogP contribution in [0, 0.1) is 11.3 Å². The molecule has 2 N–H and O–H groups in total. The topological polar surface area (TPSA) is 101 Å². The molecule has 0 saturated carbocycles. The van der Waals surface area contributed by atoms with Gasteiger partial charge in [0.1, 0.15) is 5.60 Å². The molecule has 0 aliphatic rings. The van der Waals surface area contributed by atoms with E-state index in [1.54, 1.807) is 0 Å². The van der Waals surface area contributed by atoms with Gasteiger partial charge in [-0.2, -0.15) is 10.4 Å². The molecule has 2 rings (SSSR count). The van der Waals surface area contributed by atoms with E-state index in [1.807, 2.05) is 43.6 Å². The number of halogens is 1. The second-order valence-electron chi connectivity index (χ2n) is 7.73. The van der Waals surface area contributed by atoms with Crippen molar-refractivity contribution in [1.82, 2.24) is 14.9 Å². The summed E-state index contributed by atoms with van der Waals surface area (Å²) in [5, 5.41) is 20.6. The number of ether oxygens (including phenoxy) is 2. The molecule has 1 aromatic heterocycles. The lowest BCUT2D eigenvalue weighted by Gasteiger charge is -2.19. The molecule has 164 valence electrons. The van der Waals surface area contributed by atoms with Gasteiger partial charge in [-0.25, -0.2) is 9.25 Å². The third-order valence-electron chi connectivity index (χ3n) is 4.06. The lowest BCUT2D eigenvalue weighted by atomic mass is 10.1. The third kappa shape index (κ3) is 8.25. The van der Waals surface area contributed by atoms with Crippen LogP contribution >= 0.6 is 28.4 Å². The maximum absolute atomic E-state index is 11.5. The lowest BCUT2D eigenvalue weighted by molar-refractivity contribution is 0.0524. The molecule has 0 spiro atoms. The Hall–Kier alpha value is -1.63. The van der Waals surface area contributed by atoms with Crippen molar-refractivity contribution in [3.8, 4) is 6.07 Å². The molecule has 0 aliphatic carbocycles. The smallest absolute Gasteiger partial charge is 0.407 e. The van der Waals surface area contributed by atoms with E-state index in [9.17, 15) is 4.79 Å². The summed E-state index contributed by atoms with van der Waals surface area (Å²) >= 11 is 2.30. The van der Waals surface area contributed by atoms with E-state index >= 15 is 0 Å². The zero-order valence-electron chi connectivity index (χ0n) is 17.6. The van der Waals surface area contributed by atoms with E-state index in [1.165, 1.54) is 0 Å². The Labute approximate surface area is 192 Å². The van der Waals surface area contributed by atoms with Gasteiger partial charge in [0, 0.05) is 30.8 Å². The van der Waals surface area contributed by atoms with Crippen LogP contribution in [0.15, 0.2) is 18.3 Å². The summed E-state index contributed by atoms with van der Waals surface area (Å²) in [6.45, 7) is 7.97. The Bertz CT molecular complexity index is 876. The number of anilines is 1. The number of hydrogen-bond donors (Lipinski definition) is 2. The highest BCUT2D eigenvalue weighted by atomic mass is 127. The summed E-state index contributed by atoms with van der Waals surface area (Å²) in [6.07, 6.45) is 4.04. The highest BCUT2D eigenvalue weighted by Gasteiger charge is 2.15. The SMILES string of the molecule is CC(C)(C)OC(=O)NCCCCOCCNc1cc(CC#N)cc2c1cnn2PI. The van der Waals surface area contributed by atoms with Gasteiger partial charge in [-0.15, -0.1) is 0 Å². The second kappa shape index (κ2) is 12.3. The highest BCUT2D eigenvalue weighted by molar-refractivity contribution is 14.2. The van der Waals surface area contributed by atoms with E-state index in [-0.39, 0.29) is 6.09 Å². The van der Waals surface area contributed by atoms with Gasteiger partial charge in [-0.1, -0.05) is 0 Å².